The van der Waals surface area contributed by atoms with E-state index in [1.165, 1.54) is 23.1 Å². The summed E-state index contributed by atoms with van der Waals surface area (Å²) in [5.41, 5.74) is 0.315. The van der Waals surface area contributed by atoms with Crippen LogP contribution in [0.15, 0.2) is 18.2 Å². The van der Waals surface area contributed by atoms with Crippen LogP contribution in [0.4, 0.5) is 10.5 Å². The Morgan fingerprint density at radius 3 is 2.74 bits per heavy atom. The Balaban J connectivity index is 2.78. The number of carboxylic acids is 1. The Bertz CT molecular complexity index is 479. The molecule has 0 aromatic heterocycles. The highest BCUT2D eigenvalue weighted by Gasteiger charge is 2.12. The van der Waals surface area contributed by atoms with E-state index in [9.17, 15) is 9.59 Å². The number of hydrogen-bond acceptors (Lipinski definition) is 3. The van der Waals surface area contributed by atoms with Gasteiger partial charge in [0.2, 0.25) is 0 Å². The summed E-state index contributed by atoms with van der Waals surface area (Å²) in [6.07, 6.45) is 0. The first-order chi connectivity index (χ1) is 8.95. The lowest BCUT2D eigenvalue weighted by atomic mass is 10.2. The van der Waals surface area contributed by atoms with Crippen LogP contribution in [-0.4, -0.2) is 49.3 Å². The minimum absolute atomic E-state index is 0.0549. The van der Waals surface area contributed by atoms with Crippen molar-refractivity contribution >= 4 is 29.3 Å². The van der Waals surface area contributed by atoms with E-state index in [2.05, 4.69) is 5.32 Å². The van der Waals surface area contributed by atoms with Crippen LogP contribution < -0.4 is 5.32 Å². The highest BCUT2D eigenvalue weighted by Crippen LogP contribution is 2.23. The van der Waals surface area contributed by atoms with Crippen molar-refractivity contribution in [2.45, 2.75) is 0 Å². The summed E-state index contributed by atoms with van der Waals surface area (Å²) in [6, 6.07) is 3.72. The molecule has 7 heteroatoms. The summed E-state index contributed by atoms with van der Waals surface area (Å²) in [7, 11) is 3.14. The van der Waals surface area contributed by atoms with Gasteiger partial charge in [0.25, 0.3) is 0 Å². The number of nitrogens with zero attached hydrogens (tertiary/aromatic N) is 1. The second-order valence-corrected chi connectivity index (χ2v) is 4.25. The molecule has 0 heterocycles. The van der Waals surface area contributed by atoms with E-state index in [-0.39, 0.29) is 22.3 Å². The summed E-state index contributed by atoms with van der Waals surface area (Å²) in [4.78, 5) is 24.1. The molecule has 0 fully saturated rings. The zero-order valence-electron chi connectivity index (χ0n) is 10.6. The number of benzene rings is 1. The molecule has 0 aliphatic heterocycles. The number of amides is 2. The van der Waals surface area contributed by atoms with Crippen molar-refractivity contribution in [2.24, 2.45) is 0 Å². The van der Waals surface area contributed by atoms with Crippen LogP contribution in [0.2, 0.25) is 5.02 Å². The fraction of sp³-hybridized carbons (Fsp3) is 0.333. The third kappa shape index (κ3) is 4.42. The zero-order chi connectivity index (χ0) is 14.4. The maximum Gasteiger partial charge on any atom is 0.335 e. The Morgan fingerprint density at radius 2 is 2.16 bits per heavy atom. The van der Waals surface area contributed by atoms with Gasteiger partial charge in [0, 0.05) is 20.7 Å². The Hall–Kier alpha value is -1.79. The van der Waals surface area contributed by atoms with Crippen molar-refractivity contribution in [3.8, 4) is 0 Å². The second-order valence-electron chi connectivity index (χ2n) is 3.84. The van der Waals surface area contributed by atoms with Crippen LogP contribution in [0, 0.1) is 0 Å². The monoisotopic (exact) mass is 286 g/mol. The van der Waals surface area contributed by atoms with Crippen LogP contribution in [-0.2, 0) is 4.74 Å². The lowest BCUT2D eigenvalue weighted by Gasteiger charge is -2.18. The fourth-order valence-electron chi connectivity index (χ4n) is 1.29. The lowest BCUT2D eigenvalue weighted by Crippen LogP contribution is -2.33. The first kappa shape index (κ1) is 15.3. The molecule has 1 rings (SSSR count). The summed E-state index contributed by atoms with van der Waals surface area (Å²) in [6.45, 7) is 0.825. The summed E-state index contributed by atoms with van der Waals surface area (Å²) < 4.78 is 4.86. The van der Waals surface area contributed by atoms with E-state index < -0.39 is 5.97 Å². The van der Waals surface area contributed by atoms with Gasteiger partial charge in [-0.05, 0) is 18.2 Å². The number of carbonyl (C=O) groups excluding carboxylic acids is 1. The third-order valence-electron chi connectivity index (χ3n) is 2.43. The molecule has 0 spiro atoms. The number of anilines is 1. The molecule has 0 saturated heterocycles. The number of rotatable bonds is 5. The number of ether oxygens (including phenoxy) is 1. The highest BCUT2D eigenvalue weighted by atomic mass is 35.5. The van der Waals surface area contributed by atoms with E-state index in [4.69, 9.17) is 21.4 Å². The normalized spacial score (nSPS) is 10.1. The number of likely N-dealkylation sites (N-methyl/N-ethyl adjacent to an activating group) is 1. The quantitative estimate of drug-likeness (QED) is 0.869. The molecule has 0 aliphatic rings. The van der Waals surface area contributed by atoms with E-state index >= 15 is 0 Å². The molecular formula is C12H15ClN2O4. The van der Waals surface area contributed by atoms with Gasteiger partial charge in [0.05, 0.1) is 22.9 Å². The van der Waals surface area contributed by atoms with Crippen molar-refractivity contribution in [3.05, 3.63) is 28.8 Å². The van der Waals surface area contributed by atoms with Gasteiger partial charge in [-0.3, -0.25) is 0 Å². The third-order valence-corrected chi connectivity index (χ3v) is 2.76. The smallest absolute Gasteiger partial charge is 0.335 e. The molecule has 1 aromatic carbocycles. The maximum absolute atomic E-state index is 11.8. The van der Waals surface area contributed by atoms with E-state index in [1.807, 2.05) is 0 Å². The first-order valence-electron chi connectivity index (χ1n) is 5.49. The molecule has 6 nitrogen and oxygen atoms in total. The molecule has 2 amide bonds. The largest absolute Gasteiger partial charge is 0.478 e. The van der Waals surface area contributed by atoms with E-state index in [0.29, 0.717) is 13.2 Å². The molecule has 0 unspecified atom stereocenters. The Kier molecular flexibility index (Phi) is 5.59. The molecule has 0 atom stereocenters. The van der Waals surface area contributed by atoms with Gasteiger partial charge in [0.1, 0.15) is 0 Å². The first-order valence-corrected chi connectivity index (χ1v) is 5.87. The van der Waals surface area contributed by atoms with Crippen molar-refractivity contribution in [2.75, 3.05) is 32.6 Å². The van der Waals surface area contributed by atoms with Gasteiger partial charge in [-0.25, -0.2) is 9.59 Å². The van der Waals surface area contributed by atoms with Crippen molar-refractivity contribution in [1.82, 2.24) is 4.90 Å². The van der Waals surface area contributed by atoms with Crippen LogP contribution in [0.25, 0.3) is 0 Å². The van der Waals surface area contributed by atoms with Crippen LogP contribution in [0.5, 0.6) is 0 Å². The number of carboxylic acid groups (broad SMARTS) is 1. The number of carbonyl (C=O) groups is 2. The Morgan fingerprint density at radius 1 is 1.47 bits per heavy atom. The number of aromatic carboxylic acids is 1. The SMILES string of the molecule is COCCN(C)C(=O)Nc1cc(C(=O)O)ccc1Cl. The molecule has 0 radical (unpaired) electrons. The number of urea groups is 1. The number of halogens is 1. The number of nitrogens with one attached hydrogen (secondary N) is 1. The molecule has 0 bridgehead atoms. The predicted octanol–water partition coefficient (Wildman–Crippen LogP) is 2.15. The minimum Gasteiger partial charge on any atom is -0.478 e. The molecule has 104 valence electrons. The molecule has 19 heavy (non-hydrogen) atoms. The summed E-state index contributed by atoms with van der Waals surface area (Å²) >= 11 is 5.90. The van der Waals surface area contributed by atoms with E-state index in [0.717, 1.165) is 0 Å². The summed E-state index contributed by atoms with van der Waals surface area (Å²) in [5, 5.41) is 11.7. The number of hydrogen-bond donors (Lipinski definition) is 2. The van der Waals surface area contributed by atoms with Crippen LogP contribution in [0.3, 0.4) is 0 Å². The fourth-order valence-corrected chi connectivity index (χ4v) is 1.46. The van der Waals surface area contributed by atoms with Crippen molar-refractivity contribution < 1.29 is 19.4 Å². The second kappa shape index (κ2) is 6.96. The average molecular weight is 287 g/mol. The topological polar surface area (TPSA) is 78.9 Å². The van der Waals surface area contributed by atoms with E-state index in [1.54, 1.807) is 14.2 Å². The number of methoxy groups -OCH3 is 1. The van der Waals surface area contributed by atoms with Crippen molar-refractivity contribution in [1.29, 1.82) is 0 Å². The summed E-state index contributed by atoms with van der Waals surface area (Å²) in [5.74, 6) is -1.08. The highest BCUT2D eigenvalue weighted by molar-refractivity contribution is 6.33. The molecule has 1 aromatic rings. The lowest BCUT2D eigenvalue weighted by molar-refractivity contribution is 0.0697. The zero-order valence-corrected chi connectivity index (χ0v) is 11.4. The van der Waals surface area contributed by atoms with Gasteiger partial charge in [-0.1, -0.05) is 11.6 Å². The maximum atomic E-state index is 11.8. The van der Waals surface area contributed by atoms with Crippen molar-refractivity contribution in [3.63, 3.8) is 0 Å². The molecular weight excluding hydrogens is 272 g/mol. The molecule has 2 N–H and O–H groups in total. The average Bonchev–Trinajstić information content (AvgIpc) is 2.38. The van der Waals surface area contributed by atoms with Crippen LogP contribution in [0.1, 0.15) is 10.4 Å². The van der Waals surface area contributed by atoms with Gasteiger partial charge >= 0.3 is 12.0 Å². The minimum atomic E-state index is -1.08. The van der Waals surface area contributed by atoms with Gasteiger partial charge in [0.15, 0.2) is 0 Å². The predicted molar refractivity (Wildman–Crippen MR) is 71.9 cm³/mol. The van der Waals surface area contributed by atoms with Gasteiger partial charge in [-0.15, -0.1) is 0 Å². The molecule has 0 saturated carbocycles. The Labute approximate surface area is 115 Å². The van der Waals surface area contributed by atoms with Gasteiger partial charge in [-0.2, -0.15) is 0 Å². The van der Waals surface area contributed by atoms with Gasteiger partial charge < -0.3 is 20.1 Å². The standard InChI is InChI=1S/C12H15ClN2O4/c1-15(5-6-19-2)12(18)14-10-7-8(11(16)17)3-4-9(10)13/h3-4,7H,5-6H2,1-2H3,(H,14,18)(H,16,17). The van der Waals surface area contributed by atoms with Crippen LogP contribution >= 0.6 is 11.6 Å². The molecule has 0 aliphatic carbocycles.